The van der Waals surface area contributed by atoms with E-state index in [0.717, 1.165) is 10.5 Å². The average Bonchev–Trinajstić information content (AvgIpc) is 2.93. The number of methoxy groups -OCH3 is 2. The van der Waals surface area contributed by atoms with Gasteiger partial charge in [0.2, 0.25) is 5.91 Å². The number of aryl methyl sites for hydroxylation is 1. The molecule has 1 aliphatic rings. The summed E-state index contributed by atoms with van der Waals surface area (Å²) in [7, 11) is 2.99. The fourth-order valence-electron chi connectivity index (χ4n) is 3.24. The Bertz CT molecular complexity index is 1030. The molecule has 1 aliphatic heterocycles. The first-order chi connectivity index (χ1) is 14.2. The van der Waals surface area contributed by atoms with Gasteiger partial charge in [-0.25, -0.2) is 4.79 Å². The van der Waals surface area contributed by atoms with Gasteiger partial charge >= 0.3 is 6.03 Å². The van der Waals surface area contributed by atoms with Crippen LogP contribution >= 0.6 is 15.9 Å². The SMILES string of the molecule is COc1ccc([C@@]2(C)NC(=O)N(CC(=O)Nc3ccc(C)cc3Br)C2=O)cc1OC. The molecular formula is C21H22BrN3O5. The summed E-state index contributed by atoms with van der Waals surface area (Å²) in [6, 6.07) is 9.77. The number of ether oxygens (including phenoxy) is 2. The molecule has 158 valence electrons. The van der Waals surface area contributed by atoms with Crippen LogP contribution in [-0.4, -0.2) is 43.5 Å². The molecule has 0 radical (unpaired) electrons. The minimum absolute atomic E-state index is 0.409. The van der Waals surface area contributed by atoms with Gasteiger partial charge in [0, 0.05) is 4.47 Å². The lowest BCUT2D eigenvalue weighted by atomic mass is 9.91. The van der Waals surface area contributed by atoms with Crippen LogP contribution in [-0.2, 0) is 15.1 Å². The highest BCUT2D eigenvalue weighted by atomic mass is 79.9. The molecule has 2 aromatic carbocycles. The fraction of sp³-hybridized carbons (Fsp3) is 0.286. The van der Waals surface area contributed by atoms with E-state index in [1.165, 1.54) is 14.2 Å². The van der Waals surface area contributed by atoms with Crippen LogP contribution in [0.25, 0.3) is 0 Å². The average molecular weight is 476 g/mol. The van der Waals surface area contributed by atoms with Gasteiger partial charge in [0.1, 0.15) is 12.1 Å². The van der Waals surface area contributed by atoms with Gasteiger partial charge in [-0.1, -0.05) is 12.1 Å². The lowest BCUT2D eigenvalue weighted by molar-refractivity contribution is -0.133. The van der Waals surface area contributed by atoms with E-state index in [2.05, 4.69) is 26.6 Å². The van der Waals surface area contributed by atoms with Crippen molar-refractivity contribution >= 4 is 39.5 Å². The quantitative estimate of drug-likeness (QED) is 0.625. The van der Waals surface area contributed by atoms with Crippen molar-refractivity contribution in [3.8, 4) is 11.5 Å². The van der Waals surface area contributed by atoms with Crippen molar-refractivity contribution < 1.29 is 23.9 Å². The van der Waals surface area contributed by atoms with Gasteiger partial charge in [0.25, 0.3) is 5.91 Å². The zero-order valence-electron chi connectivity index (χ0n) is 17.0. The number of benzene rings is 2. The van der Waals surface area contributed by atoms with Crippen molar-refractivity contribution in [3.63, 3.8) is 0 Å². The number of carbonyl (C=O) groups excluding carboxylic acids is 3. The van der Waals surface area contributed by atoms with E-state index in [4.69, 9.17) is 9.47 Å². The smallest absolute Gasteiger partial charge is 0.325 e. The van der Waals surface area contributed by atoms with E-state index in [0.29, 0.717) is 27.2 Å². The van der Waals surface area contributed by atoms with Crippen molar-refractivity contribution in [3.05, 3.63) is 52.0 Å². The Kier molecular flexibility index (Phi) is 6.02. The number of imide groups is 1. The van der Waals surface area contributed by atoms with Crippen molar-refractivity contribution in [2.45, 2.75) is 19.4 Å². The molecule has 3 rings (SSSR count). The van der Waals surface area contributed by atoms with E-state index in [1.54, 1.807) is 31.2 Å². The number of nitrogens with one attached hydrogen (secondary N) is 2. The Balaban J connectivity index is 1.79. The van der Waals surface area contributed by atoms with Gasteiger partial charge in [-0.05, 0) is 65.2 Å². The molecule has 1 atom stereocenters. The third kappa shape index (κ3) is 3.97. The Hall–Kier alpha value is -3.07. The maximum absolute atomic E-state index is 13.1. The van der Waals surface area contributed by atoms with Crippen LogP contribution in [0.1, 0.15) is 18.1 Å². The standard InChI is InChI=1S/C21H22BrN3O5/c1-12-5-7-15(14(22)9-12)23-18(26)11-25-19(27)21(2,24-20(25)28)13-6-8-16(29-3)17(10-13)30-4/h5-10H,11H2,1-4H3,(H,23,26)(H,24,28)/t21-/m1/s1. The number of urea groups is 1. The molecule has 1 saturated heterocycles. The molecule has 1 heterocycles. The lowest BCUT2D eigenvalue weighted by Crippen LogP contribution is -2.42. The lowest BCUT2D eigenvalue weighted by Gasteiger charge is -2.23. The zero-order chi connectivity index (χ0) is 22.1. The summed E-state index contributed by atoms with van der Waals surface area (Å²) in [5, 5.41) is 5.38. The summed E-state index contributed by atoms with van der Waals surface area (Å²) in [5.74, 6) is -0.0855. The Morgan fingerprint density at radius 3 is 2.47 bits per heavy atom. The van der Waals surface area contributed by atoms with Crippen LogP contribution in [0.5, 0.6) is 11.5 Å². The monoisotopic (exact) mass is 475 g/mol. The highest BCUT2D eigenvalue weighted by molar-refractivity contribution is 9.10. The van der Waals surface area contributed by atoms with E-state index >= 15 is 0 Å². The highest BCUT2D eigenvalue weighted by Gasteiger charge is 2.49. The maximum atomic E-state index is 13.1. The summed E-state index contributed by atoms with van der Waals surface area (Å²) in [6.45, 7) is 3.11. The minimum atomic E-state index is -1.33. The van der Waals surface area contributed by atoms with E-state index in [-0.39, 0.29) is 0 Å². The molecular weight excluding hydrogens is 454 g/mol. The van der Waals surface area contributed by atoms with Crippen molar-refractivity contribution in [1.82, 2.24) is 10.2 Å². The molecule has 8 nitrogen and oxygen atoms in total. The largest absolute Gasteiger partial charge is 0.493 e. The van der Waals surface area contributed by atoms with Gasteiger partial charge < -0.3 is 20.1 Å². The second-order valence-electron chi connectivity index (χ2n) is 7.05. The molecule has 0 aromatic heterocycles. The number of rotatable bonds is 6. The maximum Gasteiger partial charge on any atom is 0.325 e. The Labute approximate surface area is 182 Å². The Morgan fingerprint density at radius 2 is 1.83 bits per heavy atom. The second kappa shape index (κ2) is 8.35. The highest BCUT2D eigenvalue weighted by Crippen LogP contribution is 2.35. The van der Waals surface area contributed by atoms with Crippen LogP contribution in [0.3, 0.4) is 0 Å². The normalized spacial score (nSPS) is 18.2. The molecule has 0 unspecified atom stereocenters. The van der Waals surface area contributed by atoms with Gasteiger partial charge in [0.15, 0.2) is 11.5 Å². The molecule has 9 heteroatoms. The summed E-state index contributed by atoms with van der Waals surface area (Å²) in [6.07, 6.45) is 0. The number of carbonyl (C=O) groups is 3. The van der Waals surface area contributed by atoms with Crippen LogP contribution in [0.15, 0.2) is 40.9 Å². The molecule has 4 amide bonds. The molecule has 0 bridgehead atoms. The zero-order valence-corrected chi connectivity index (χ0v) is 18.6. The molecule has 1 fully saturated rings. The summed E-state index contributed by atoms with van der Waals surface area (Å²) < 4.78 is 11.2. The van der Waals surface area contributed by atoms with Gasteiger partial charge in [-0.15, -0.1) is 0 Å². The van der Waals surface area contributed by atoms with E-state index in [9.17, 15) is 14.4 Å². The summed E-state index contributed by atoms with van der Waals surface area (Å²) >= 11 is 3.39. The fourth-order valence-corrected chi connectivity index (χ4v) is 3.83. The molecule has 0 saturated carbocycles. The topological polar surface area (TPSA) is 97.0 Å². The Morgan fingerprint density at radius 1 is 1.13 bits per heavy atom. The number of anilines is 1. The van der Waals surface area contributed by atoms with Crippen molar-refractivity contribution in [1.29, 1.82) is 0 Å². The van der Waals surface area contributed by atoms with Crippen LogP contribution in [0.4, 0.5) is 10.5 Å². The van der Waals surface area contributed by atoms with Gasteiger partial charge in [-0.2, -0.15) is 0 Å². The number of nitrogens with zero attached hydrogens (tertiary/aromatic N) is 1. The van der Waals surface area contributed by atoms with E-state index in [1.807, 2.05) is 19.1 Å². The molecule has 2 aromatic rings. The summed E-state index contributed by atoms with van der Waals surface area (Å²) in [4.78, 5) is 39.0. The van der Waals surface area contributed by atoms with Crippen LogP contribution in [0.2, 0.25) is 0 Å². The van der Waals surface area contributed by atoms with E-state index < -0.39 is 29.9 Å². The van der Waals surface area contributed by atoms with Crippen LogP contribution < -0.4 is 20.1 Å². The minimum Gasteiger partial charge on any atom is -0.493 e. The second-order valence-corrected chi connectivity index (χ2v) is 7.90. The first kappa shape index (κ1) is 21.6. The first-order valence-electron chi connectivity index (χ1n) is 9.12. The van der Waals surface area contributed by atoms with Gasteiger partial charge in [0.05, 0.1) is 19.9 Å². The molecule has 0 spiro atoms. The van der Waals surface area contributed by atoms with Crippen LogP contribution in [0, 0.1) is 6.92 Å². The predicted molar refractivity (Wildman–Crippen MR) is 115 cm³/mol. The third-order valence-electron chi connectivity index (χ3n) is 4.94. The number of hydrogen-bond donors (Lipinski definition) is 2. The van der Waals surface area contributed by atoms with Gasteiger partial charge in [-0.3, -0.25) is 14.5 Å². The van der Waals surface area contributed by atoms with Crippen molar-refractivity contribution in [2.75, 3.05) is 26.1 Å². The molecule has 30 heavy (non-hydrogen) atoms. The molecule has 0 aliphatic carbocycles. The number of amides is 4. The predicted octanol–water partition coefficient (Wildman–Crippen LogP) is 3.18. The summed E-state index contributed by atoms with van der Waals surface area (Å²) in [5.41, 5.74) is 0.768. The molecule has 2 N–H and O–H groups in total. The van der Waals surface area contributed by atoms with Crippen molar-refractivity contribution in [2.24, 2.45) is 0 Å². The number of halogens is 1. The third-order valence-corrected chi connectivity index (χ3v) is 5.59. The number of hydrogen-bond acceptors (Lipinski definition) is 5. The first-order valence-corrected chi connectivity index (χ1v) is 9.91.